The molecule has 21 heavy (non-hydrogen) atoms. The third-order valence-corrected chi connectivity index (χ3v) is 4.91. The SMILES string of the molecule is CCCCNc1ccccc1C(=O)NCC1(O)CCSC1. The molecule has 4 nitrogen and oxygen atoms in total. The number of unbranched alkanes of at least 4 members (excludes halogenated alkanes) is 1. The molecule has 2 rings (SSSR count). The van der Waals surface area contributed by atoms with Gasteiger partial charge in [-0.15, -0.1) is 0 Å². The molecule has 1 aromatic rings. The zero-order valence-electron chi connectivity index (χ0n) is 12.5. The third-order valence-electron chi connectivity index (χ3n) is 3.68. The molecule has 1 atom stereocenters. The monoisotopic (exact) mass is 308 g/mol. The molecule has 3 N–H and O–H groups in total. The van der Waals surface area contributed by atoms with Crippen LogP contribution >= 0.6 is 11.8 Å². The lowest BCUT2D eigenvalue weighted by molar-refractivity contribution is 0.0613. The molecule has 1 aliphatic rings. The van der Waals surface area contributed by atoms with Gasteiger partial charge in [0.05, 0.1) is 11.2 Å². The largest absolute Gasteiger partial charge is 0.387 e. The van der Waals surface area contributed by atoms with Gasteiger partial charge in [0, 0.05) is 24.5 Å². The van der Waals surface area contributed by atoms with E-state index < -0.39 is 5.60 Å². The standard InChI is InChI=1S/C16H24N2O2S/c1-2-3-9-17-14-7-5-4-6-13(14)15(19)18-11-16(20)8-10-21-12-16/h4-7,17,20H,2-3,8-12H2,1H3,(H,18,19). The van der Waals surface area contributed by atoms with Crippen molar-refractivity contribution in [2.75, 3.05) is 29.9 Å². The number of benzene rings is 1. The summed E-state index contributed by atoms with van der Waals surface area (Å²) < 4.78 is 0. The van der Waals surface area contributed by atoms with Crippen molar-refractivity contribution in [2.45, 2.75) is 31.8 Å². The maximum atomic E-state index is 12.3. The fourth-order valence-electron chi connectivity index (χ4n) is 2.31. The first kappa shape index (κ1) is 16.2. The molecule has 1 aliphatic heterocycles. The Morgan fingerprint density at radius 3 is 2.95 bits per heavy atom. The Bertz CT molecular complexity index is 473. The lowest BCUT2D eigenvalue weighted by Crippen LogP contribution is -2.43. The molecule has 0 aliphatic carbocycles. The molecule has 0 spiro atoms. The minimum absolute atomic E-state index is 0.125. The van der Waals surface area contributed by atoms with Gasteiger partial charge in [-0.2, -0.15) is 11.8 Å². The Morgan fingerprint density at radius 2 is 2.24 bits per heavy atom. The molecule has 0 aromatic heterocycles. The van der Waals surface area contributed by atoms with Gasteiger partial charge in [0.15, 0.2) is 0 Å². The number of rotatable bonds is 7. The zero-order valence-corrected chi connectivity index (χ0v) is 13.3. The van der Waals surface area contributed by atoms with Gasteiger partial charge in [0.1, 0.15) is 0 Å². The minimum Gasteiger partial charge on any atom is -0.387 e. The Morgan fingerprint density at radius 1 is 1.43 bits per heavy atom. The Hall–Kier alpha value is -1.20. The maximum Gasteiger partial charge on any atom is 0.253 e. The van der Waals surface area contributed by atoms with Gasteiger partial charge in [0.25, 0.3) is 5.91 Å². The van der Waals surface area contributed by atoms with E-state index in [4.69, 9.17) is 0 Å². The minimum atomic E-state index is -0.745. The Kier molecular flexibility index (Phi) is 5.94. The number of carbonyl (C=O) groups is 1. The predicted octanol–water partition coefficient (Wildman–Crippen LogP) is 2.50. The summed E-state index contributed by atoms with van der Waals surface area (Å²) in [5.41, 5.74) is 0.754. The topological polar surface area (TPSA) is 61.4 Å². The molecule has 1 heterocycles. The molecule has 0 radical (unpaired) electrons. The highest BCUT2D eigenvalue weighted by atomic mass is 32.2. The smallest absolute Gasteiger partial charge is 0.253 e. The van der Waals surface area contributed by atoms with Gasteiger partial charge >= 0.3 is 0 Å². The van der Waals surface area contributed by atoms with Gasteiger partial charge in [0.2, 0.25) is 0 Å². The number of anilines is 1. The van der Waals surface area contributed by atoms with Crippen molar-refractivity contribution in [3.05, 3.63) is 29.8 Å². The number of para-hydroxylation sites is 1. The fourth-order valence-corrected chi connectivity index (χ4v) is 3.61. The van der Waals surface area contributed by atoms with Crippen molar-refractivity contribution in [3.63, 3.8) is 0 Å². The van der Waals surface area contributed by atoms with Crippen LogP contribution in [0.25, 0.3) is 0 Å². The number of nitrogens with one attached hydrogen (secondary N) is 2. The highest BCUT2D eigenvalue weighted by Crippen LogP contribution is 2.27. The third kappa shape index (κ3) is 4.64. The lowest BCUT2D eigenvalue weighted by atomic mass is 10.0. The highest BCUT2D eigenvalue weighted by Gasteiger charge is 2.32. The quantitative estimate of drug-likeness (QED) is 0.677. The second kappa shape index (κ2) is 7.71. The van der Waals surface area contributed by atoms with E-state index in [9.17, 15) is 9.90 Å². The van der Waals surface area contributed by atoms with Crippen LogP contribution in [0.3, 0.4) is 0 Å². The van der Waals surface area contributed by atoms with Crippen LogP contribution in [0, 0.1) is 0 Å². The first-order chi connectivity index (χ1) is 10.1. The molecule has 5 heteroatoms. The van der Waals surface area contributed by atoms with E-state index in [2.05, 4.69) is 17.6 Å². The number of hydrogen-bond donors (Lipinski definition) is 3. The van der Waals surface area contributed by atoms with E-state index >= 15 is 0 Å². The summed E-state index contributed by atoms with van der Waals surface area (Å²) in [5, 5.41) is 16.5. The second-order valence-electron chi connectivity index (χ2n) is 5.54. The molecule has 1 unspecified atom stereocenters. The van der Waals surface area contributed by atoms with Crippen molar-refractivity contribution in [1.82, 2.24) is 5.32 Å². The molecule has 1 amide bonds. The molecule has 0 saturated carbocycles. The van der Waals surface area contributed by atoms with Crippen LogP contribution in [0.15, 0.2) is 24.3 Å². The second-order valence-corrected chi connectivity index (χ2v) is 6.64. The Balaban J connectivity index is 1.94. The van der Waals surface area contributed by atoms with Crippen molar-refractivity contribution in [2.24, 2.45) is 0 Å². The number of hydrogen-bond acceptors (Lipinski definition) is 4. The first-order valence-corrected chi connectivity index (χ1v) is 8.71. The van der Waals surface area contributed by atoms with E-state index in [-0.39, 0.29) is 5.91 Å². The summed E-state index contributed by atoms with van der Waals surface area (Å²) in [7, 11) is 0. The highest BCUT2D eigenvalue weighted by molar-refractivity contribution is 7.99. The average Bonchev–Trinajstić information content (AvgIpc) is 2.93. The van der Waals surface area contributed by atoms with Crippen LogP contribution < -0.4 is 10.6 Å². The van der Waals surface area contributed by atoms with Crippen LogP contribution in [0.5, 0.6) is 0 Å². The van der Waals surface area contributed by atoms with E-state index in [0.717, 1.165) is 37.2 Å². The number of aliphatic hydroxyl groups is 1. The van der Waals surface area contributed by atoms with E-state index in [1.54, 1.807) is 11.8 Å². The fraction of sp³-hybridized carbons (Fsp3) is 0.562. The van der Waals surface area contributed by atoms with Crippen molar-refractivity contribution in [3.8, 4) is 0 Å². The van der Waals surface area contributed by atoms with Crippen LogP contribution in [0.4, 0.5) is 5.69 Å². The first-order valence-electron chi connectivity index (χ1n) is 7.56. The molecular formula is C16H24N2O2S. The van der Waals surface area contributed by atoms with Gasteiger partial charge in [-0.25, -0.2) is 0 Å². The Labute approximate surface area is 130 Å². The van der Waals surface area contributed by atoms with Crippen molar-refractivity contribution in [1.29, 1.82) is 0 Å². The van der Waals surface area contributed by atoms with E-state index in [1.807, 2.05) is 24.3 Å². The molecule has 1 aromatic carbocycles. The maximum absolute atomic E-state index is 12.3. The summed E-state index contributed by atoms with van der Waals surface area (Å²) in [4.78, 5) is 12.3. The predicted molar refractivity (Wildman–Crippen MR) is 89.1 cm³/mol. The summed E-state index contributed by atoms with van der Waals surface area (Å²) >= 11 is 1.73. The lowest BCUT2D eigenvalue weighted by Gasteiger charge is -2.22. The van der Waals surface area contributed by atoms with Crippen LogP contribution in [0.2, 0.25) is 0 Å². The molecule has 1 fully saturated rings. The number of amides is 1. The number of thioether (sulfide) groups is 1. The molecule has 116 valence electrons. The van der Waals surface area contributed by atoms with Gasteiger partial charge in [-0.05, 0) is 30.7 Å². The van der Waals surface area contributed by atoms with Gasteiger partial charge in [-0.1, -0.05) is 25.5 Å². The van der Waals surface area contributed by atoms with Crippen molar-refractivity contribution < 1.29 is 9.90 Å². The molecule has 0 bridgehead atoms. The summed E-state index contributed by atoms with van der Waals surface area (Å²) in [6, 6.07) is 7.52. The van der Waals surface area contributed by atoms with Gasteiger partial charge < -0.3 is 15.7 Å². The van der Waals surface area contributed by atoms with Crippen LogP contribution in [-0.4, -0.2) is 41.2 Å². The zero-order chi connectivity index (χ0) is 15.1. The van der Waals surface area contributed by atoms with Gasteiger partial charge in [-0.3, -0.25) is 4.79 Å². The van der Waals surface area contributed by atoms with Crippen LogP contribution in [-0.2, 0) is 0 Å². The van der Waals surface area contributed by atoms with E-state index in [0.29, 0.717) is 17.9 Å². The van der Waals surface area contributed by atoms with E-state index in [1.165, 1.54) is 0 Å². The summed E-state index contributed by atoms with van der Waals surface area (Å²) in [5.74, 6) is 1.53. The van der Waals surface area contributed by atoms with Crippen LogP contribution in [0.1, 0.15) is 36.5 Å². The van der Waals surface area contributed by atoms with Crippen molar-refractivity contribution >= 4 is 23.4 Å². The molecule has 1 saturated heterocycles. The summed E-state index contributed by atoms with van der Waals surface area (Å²) in [6.07, 6.45) is 2.94. The average molecular weight is 308 g/mol. The number of carbonyl (C=O) groups excluding carboxylic acids is 1. The molecular weight excluding hydrogens is 284 g/mol. The summed E-state index contributed by atoms with van der Waals surface area (Å²) in [6.45, 7) is 3.32. The normalized spacial score (nSPS) is 21.2.